The van der Waals surface area contributed by atoms with Gasteiger partial charge in [0.15, 0.2) is 0 Å². The van der Waals surface area contributed by atoms with E-state index in [1.54, 1.807) is 0 Å². The molecule has 3 nitrogen and oxygen atoms in total. The van der Waals surface area contributed by atoms with Crippen LogP contribution < -0.4 is 5.43 Å². The standard InChI is InChI=1S/C17H23FN2O/c1-11(2)15-9-4-12(3)10-16(15)19-20-17(21)13-5-7-14(18)8-6-13/h5-8,11-12,15H,4,9-10H2,1-3H3,(H,20,21)/b19-16-/t12-,15+/m0/s1. The van der Waals surface area contributed by atoms with E-state index in [2.05, 4.69) is 31.3 Å². The van der Waals surface area contributed by atoms with Crippen molar-refractivity contribution in [2.45, 2.75) is 40.0 Å². The molecule has 2 rings (SSSR count). The number of benzene rings is 1. The van der Waals surface area contributed by atoms with E-state index in [4.69, 9.17) is 0 Å². The Bertz CT molecular complexity index is 522. The van der Waals surface area contributed by atoms with Crippen molar-refractivity contribution in [3.8, 4) is 0 Å². The third-order valence-electron chi connectivity index (χ3n) is 4.17. The van der Waals surface area contributed by atoms with Gasteiger partial charge in [0.25, 0.3) is 5.91 Å². The Morgan fingerprint density at radius 2 is 1.95 bits per heavy atom. The van der Waals surface area contributed by atoms with Gasteiger partial charge in [-0.1, -0.05) is 20.8 Å². The van der Waals surface area contributed by atoms with Gasteiger partial charge in [0, 0.05) is 17.2 Å². The number of hydrogen-bond acceptors (Lipinski definition) is 2. The number of nitrogens with one attached hydrogen (secondary N) is 1. The predicted octanol–water partition coefficient (Wildman–Crippen LogP) is 4.00. The fraction of sp³-hybridized carbons (Fsp3) is 0.529. The van der Waals surface area contributed by atoms with Crippen LogP contribution in [0.25, 0.3) is 0 Å². The van der Waals surface area contributed by atoms with Crippen molar-refractivity contribution in [2.75, 3.05) is 0 Å². The Morgan fingerprint density at radius 3 is 2.57 bits per heavy atom. The molecule has 1 fully saturated rings. The van der Waals surface area contributed by atoms with Crippen molar-refractivity contribution in [2.24, 2.45) is 22.9 Å². The summed E-state index contributed by atoms with van der Waals surface area (Å²) in [6, 6.07) is 5.49. The highest BCUT2D eigenvalue weighted by Gasteiger charge is 2.27. The monoisotopic (exact) mass is 290 g/mol. The lowest BCUT2D eigenvalue weighted by Gasteiger charge is -2.30. The fourth-order valence-corrected chi connectivity index (χ4v) is 2.88. The van der Waals surface area contributed by atoms with Crippen LogP contribution in [0.4, 0.5) is 4.39 Å². The number of carbonyl (C=O) groups excluding carboxylic acids is 1. The quantitative estimate of drug-likeness (QED) is 0.840. The van der Waals surface area contributed by atoms with Gasteiger partial charge in [-0.3, -0.25) is 4.79 Å². The molecule has 1 aromatic rings. The number of halogens is 1. The summed E-state index contributed by atoms with van der Waals surface area (Å²) in [5.74, 6) is 0.942. The van der Waals surface area contributed by atoms with E-state index in [0.29, 0.717) is 23.3 Å². The maximum atomic E-state index is 12.9. The lowest BCUT2D eigenvalue weighted by Crippen LogP contribution is -2.31. The van der Waals surface area contributed by atoms with Crippen molar-refractivity contribution < 1.29 is 9.18 Å². The lowest BCUT2D eigenvalue weighted by atomic mass is 9.76. The summed E-state index contributed by atoms with van der Waals surface area (Å²) in [6.07, 6.45) is 3.28. The molecule has 1 aromatic carbocycles. The van der Waals surface area contributed by atoms with Crippen molar-refractivity contribution >= 4 is 11.6 Å². The third kappa shape index (κ3) is 4.13. The van der Waals surface area contributed by atoms with Crippen LogP contribution in [0.15, 0.2) is 29.4 Å². The van der Waals surface area contributed by atoms with Crippen molar-refractivity contribution in [1.29, 1.82) is 0 Å². The van der Waals surface area contributed by atoms with Gasteiger partial charge in [0.05, 0.1) is 0 Å². The van der Waals surface area contributed by atoms with Crippen LogP contribution in [0.1, 0.15) is 50.4 Å². The lowest BCUT2D eigenvalue weighted by molar-refractivity contribution is 0.0954. The zero-order valence-electron chi connectivity index (χ0n) is 12.9. The molecule has 0 spiro atoms. The average molecular weight is 290 g/mol. The van der Waals surface area contributed by atoms with Crippen molar-refractivity contribution in [3.05, 3.63) is 35.6 Å². The zero-order valence-corrected chi connectivity index (χ0v) is 12.9. The van der Waals surface area contributed by atoms with Crippen molar-refractivity contribution in [3.63, 3.8) is 0 Å². The highest BCUT2D eigenvalue weighted by Crippen LogP contribution is 2.31. The summed E-state index contributed by atoms with van der Waals surface area (Å²) >= 11 is 0. The van der Waals surface area contributed by atoms with Crippen LogP contribution in [0.3, 0.4) is 0 Å². The number of hydrogen-bond donors (Lipinski definition) is 1. The second kappa shape index (κ2) is 6.83. The van der Waals surface area contributed by atoms with Crippen LogP contribution in [0.5, 0.6) is 0 Å². The third-order valence-corrected chi connectivity index (χ3v) is 4.17. The maximum Gasteiger partial charge on any atom is 0.271 e. The van der Waals surface area contributed by atoms with Gasteiger partial charge in [0.1, 0.15) is 5.82 Å². The molecule has 2 atom stereocenters. The van der Waals surface area contributed by atoms with Gasteiger partial charge < -0.3 is 0 Å². The van der Waals surface area contributed by atoms with E-state index in [9.17, 15) is 9.18 Å². The summed E-state index contributed by atoms with van der Waals surface area (Å²) in [4.78, 5) is 12.0. The Labute approximate surface area is 125 Å². The predicted molar refractivity (Wildman–Crippen MR) is 82.6 cm³/mol. The maximum absolute atomic E-state index is 12.9. The minimum absolute atomic E-state index is 0.289. The molecule has 0 radical (unpaired) electrons. The molecule has 0 unspecified atom stereocenters. The fourth-order valence-electron chi connectivity index (χ4n) is 2.88. The van der Waals surface area contributed by atoms with Gasteiger partial charge in [-0.25, -0.2) is 9.82 Å². The highest BCUT2D eigenvalue weighted by molar-refractivity contribution is 5.96. The van der Waals surface area contributed by atoms with Gasteiger partial charge in [-0.05, 0) is 55.4 Å². The molecule has 114 valence electrons. The first-order chi connectivity index (χ1) is 9.97. The summed E-state index contributed by atoms with van der Waals surface area (Å²) < 4.78 is 12.9. The van der Waals surface area contributed by atoms with Crippen LogP contribution >= 0.6 is 0 Å². The first-order valence-electron chi connectivity index (χ1n) is 7.59. The second-order valence-corrected chi connectivity index (χ2v) is 6.29. The average Bonchev–Trinajstić information content (AvgIpc) is 2.45. The first kappa shape index (κ1) is 15.7. The summed E-state index contributed by atoms with van der Waals surface area (Å²) in [7, 11) is 0. The zero-order chi connectivity index (χ0) is 15.4. The number of amides is 1. The van der Waals surface area contributed by atoms with Crippen molar-refractivity contribution in [1.82, 2.24) is 5.43 Å². The molecular weight excluding hydrogens is 267 g/mol. The molecule has 1 N–H and O–H groups in total. The molecule has 4 heteroatoms. The normalized spacial score (nSPS) is 24.3. The number of hydrazone groups is 1. The number of rotatable bonds is 3. The minimum Gasteiger partial charge on any atom is -0.267 e. The van der Waals surface area contributed by atoms with E-state index in [1.165, 1.54) is 30.7 Å². The Kier molecular flexibility index (Phi) is 5.10. The number of carbonyl (C=O) groups is 1. The molecule has 0 saturated heterocycles. The smallest absolute Gasteiger partial charge is 0.267 e. The Balaban J connectivity index is 2.06. The van der Waals surface area contributed by atoms with Gasteiger partial charge >= 0.3 is 0 Å². The highest BCUT2D eigenvalue weighted by atomic mass is 19.1. The molecule has 1 aliphatic carbocycles. The first-order valence-corrected chi connectivity index (χ1v) is 7.59. The SMILES string of the molecule is CC(C)[C@H]1CC[C@H](C)C/C1=N/NC(=O)c1ccc(F)cc1. The van der Waals surface area contributed by atoms with Gasteiger partial charge in [-0.15, -0.1) is 0 Å². The van der Waals surface area contributed by atoms with Gasteiger partial charge in [-0.2, -0.15) is 5.10 Å². The summed E-state index contributed by atoms with van der Waals surface area (Å²) in [5.41, 5.74) is 4.12. The molecule has 0 heterocycles. The molecule has 0 aliphatic heterocycles. The molecule has 1 amide bonds. The molecule has 1 aliphatic rings. The van der Waals surface area contributed by atoms with E-state index in [-0.39, 0.29) is 11.7 Å². The summed E-state index contributed by atoms with van der Waals surface area (Å²) in [5, 5.41) is 4.36. The van der Waals surface area contributed by atoms with E-state index >= 15 is 0 Å². The van der Waals surface area contributed by atoms with Crippen LogP contribution in [0.2, 0.25) is 0 Å². The largest absolute Gasteiger partial charge is 0.271 e. The van der Waals surface area contributed by atoms with Crippen LogP contribution in [-0.2, 0) is 0 Å². The van der Waals surface area contributed by atoms with Gasteiger partial charge in [0.2, 0.25) is 0 Å². The number of nitrogens with zero attached hydrogens (tertiary/aromatic N) is 1. The molecule has 0 aromatic heterocycles. The van der Waals surface area contributed by atoms with E-state index in [1.807, 2.05) is 0 Å². The molecule has 0 bridgehead atoms. The molecule has 1 saturated carbocycles. The Hall–Kier alpha value is -1.71. The summed E-state index contributed by atoms with van der Waals surface area (Å²) in [6.45, 7) is 6.60. The molecule has 21 heavy (non-hydrogen) atoms. The minimum atomic E-state index is -0.348. The second-order valence-electron chi connectivity index (χ2n) is 6.29. The molecular formula is C17H23FN2O. The topological polar surface area (TPSA) is 41.5 Å². The van der Waals surface area contributed by atoms with E-state index < -0.39 is 0 Å². The van der Waals surface area contributed by atoms with E-state index in [0.717, 1.165) is 18.6 Å². The van der Waals surface area contributed by atoms with Crippen LogP contribution in [0, 0.1) is 23.6 Å². The van der Waals surface area contributed by atoms with Crippen LogP contribution in [-0.4, -0.2) is 11.6 Å². The Morgan fingerprint density at radius 1 is 1.29 bits per heavy atom.